The smallest absolute Gasteiger partial charge is 0.242 e. The molecule has 2 aromatic carbocycles. The normalized spacial score (nSPS) is 14.3. The molecule has 5 rings (SSSR count). The molecule has 0 atom stereocenters. The third-order valence-corrected chi connectivity index (χ3v) is 7.34. The summed E-state index contributed by atoms with van der Waals surface area (Å²) in [7, 11) is 4.04. The predicted octanol–water partition coefficient (Wildman–Crippen LogP) is 5.78. The summed E-state index contributed by atoms with van der Waals surface area (Å²) in [5.74, 6) is 1.77. The zero-order valence-corrected chi connectivity index (χ0v) is 22.0. The molecule has 9 heteroatoms. The number of likely N-dealkylation sites (tertiary alicyclic amines) is 1. The molecule has 2 aromatic heterocycles. The first kappa shape index (κ1) is 24.8. The summed E-state index contributed by atoms with van der Waals surface area (Å²) in [6, 6.07) is 18.3. The molecule has 0 amide bonds. The molecule has 188 valence electrons. The second-order valence-corrected chi connectivity index (χ2v) is 10.2. The molecule has 8 nitrogen and oxygen atoms in total. The van der Waals surface area contributed by atoms with Gasteiger partial charge in [-0.15, -0.1) is 0 Å². The molecule has 0 saturated carbocycles. The molecule has 1 aliphatic heterocycles. The van der Waals surface area contributed by atoms with Crippen LogP contribution in [0.15, 0.2) is 65.8 Å². The number of aryl methyl sites for hydroxylation is 2. The van der Waals surface area contributed by atoms with Crippen molar-refractivity contribution in [3.63, 3.8) is 0 Å². The van der Waals surface area contributed by atoms with E-state index < -0.39 is 0 Å². The molecule has 0 spiro atoms. The maximum Gasteiger partial charge on any atom is 0.242 e. The van der Waals surface area contributed by atoms with Crippen molar-refractivity contribution < 1.29 is 4.74 Å². The van der Waals surface area contributed by atoms with Gasteiger partial charge in [0.05, 0.1) is 16.8 Å². The number of benzene rings is 2. The zero-order chi connectivity index (χ0) is 25.8. The lowest BCUT2D eigenvalue weighted by Crippen LogP contribution is -2.29. The zero-order valence-electron chi connectivity index (χ0n) is 21.2. The molecule has 1 N–H and O–H groups in total. The number of nitrogens with one attached hydrogen (secondary N) is 1. The fraction of sp³-hybridized carbons (Fsp3) is 0.286. The van der Waals surface area contributed by atoms with Gasteiger partial charge in [-0.25, -0.2) is 4.98 Å². The first-order chi connectivity index (χ1) is 18.0. The number of aromatic nitrogens is 4. The summed E-state index contributed by atoms with van der Waals surface area (Å²) in [6.45, 7) is 4.23. The van der Waals surface area contributed by atoms with E-state index >= 15 is 0 Å². The first-order valence-corrected chi connectivity index (χ1v) is 13.1. The quantitative estimate of drug-likeness (QED) is 0.312. The highest BCUT2D eigenvalue weighted by Gasteiger charge is 2.21. The maximum absolute atomic E-state index is 10.1. The summed E-state index contributed by atoms with van der Waals surface area (Å²) in [4.78, 5) is 12.6. The van der Waals surface area contributed by atoms with Crippen LogP contribution in [0.3, 0.4) is 0 Å². The molecular formula is C28H29N7OS. The Hall–Kier alpha value is -3.87. The van der Waals surface area contributed by atoms with E-state index in [-0.39, 0.29) is 5.88 Å². The minimum atomic E-state index is 0.220. The first-order valence-electron chi connectivity index (χ1n) is 12.3. The summed E-state index contributed by atoms with van der Waals surface area (Å²) in [6.07, 6.45) is 5.97. The third kappa shape index (κ3) is 5.77. The highest BCUT2D eigenvalue weighted by atomic mass is 32.2. The van der Waals surface area contributed by atoms with Gasteiger partial charge in [0, 0.05) is 18.8 Å². The number of hydrogen-bond donors (Lipinski definition) is 1. The van der Waals surface area contributed by atoms with E-state index in [9.17, 15) is 5.26 Å². The molecule has 3 heterocycles. The fourth-order valence-corrected chi connectivity index (χ4v) is 5.12. The van der Waals surface area contributed by atoms with Crippen LogP contribution in [0.1, 0.15) is 35.4 Å². The Morgan fingerprint density at radius 1 is 1.05 bits per heavy atom. The molecule has 37 heavy (non-hydrogen) atoms. The van der Waals surface area contributed by atoms with Gasteiger partial charge in [0.25, 0.3) is 0 Å². The molecule has 0 aliphatic carbocycles. The van der Waals surface area contributed by atoms with E-state index in [1.807, 2.05) is 56.6 Å². The molecule has 4 aromatic rings. The molecular weight excluding hydrogens is 482 g/mol. The van der Waals surface area contributed by atoms with E-state index in [0.29, 0.717) is 28.9 Å². The second kappa shape index (κ2) is 11.0. The second-order valence-electron chi connectivity index (χ2n) is 9.31. The summed E-state index contributed by atoms with van der Waals surface area (Å²) >= 11 is 1.35. The third-order valence-electron chi connectivity index (χ3n) is 6.61. The van der Waals surface area contributed by atoms with Crippen LogP contribution in [-0.4, -0.2) is 44.8 Å². The van der Waals surface area contributed by atoms with Gasteiger partial charge in [-0.05, 0) is 81.0 Å². The lowest BCUT2D eigenvalue weighted by atomic mass is 9.90. The highest BCUT2D eigenvalue weighted by Crippen LogP contribution is 2.35. The fourth-order valence-electron chi connectivity index (χ4n) is 4.51. The Bertz CT molecular complexity index is 1420. The topological polar surface area (TPSA) is 91.9 Å². The van der Waals surface area contributed by atoms with Crippen LogP contribution >= 0.6 is 11.9 Å². The van der Waals surface area contributed by atoms with Crippen molar-refractivity contribution >= 4 is 17.9 Å². The number of nitriles is 1. The van der Waals surface area contributed by atoms with E-state index in [2.05, 4.69) is 45.0 Å². The van der Waals surface area contributed by atoms with E-state index in [0.717, 1.165) is 42.0 Å². The highest BCUT2D eigenvalue weighted by molar-refractivity contribution is 8.00. The Morgan fingerprint density at radius 3 is 2.49 bits per heavy atom. The van der Waals surface area contributed by atoms with E-state index in [1.54, 1.807) is 10.9 Å². The van der Waals surface area contributed by atoms with Gasteiger partial charge >= 0.3 is 0 Å². The van der Waals surface area contributed by atoms with Crippen LogP contribution in [-0.2, 0) is 7.05 Å². The summed E-state index contributed by atoms with van der Waals surface area (Å²) in [5, 5.41) is 14.3. The number of rotatable bonds is 7. The number of hydrogen-bond acceptors (Lipinski definition) is 8. The molecule has 0 radical (unpaired) electrons. The van der Waals surface area contributed by atoms with Crippen molar-refractivity contribution in [2.45, 2.75) is 30.6 Å². The Labute approximate surface area is 221 Å². The SMILES string of the molecule is Cc1ccccc1-c1nc(NSc2cnn(C)c2)nc(Oc2ccc(C3CCN(C)CC3)cc2)c1C#N. The van der Waals surface area contributed by atoms with Crippen molar-refractivity contribution in [3.8, 4) is 29.0 Å². The van der Waals surface area contributed by atoms with Crippen molar-refractivity contribution in [2.24, 2.45) is 7.05 Å². The van der Waals surface area contributed by atoms with E-state index in [4.69, 9.17) is 9.72 Å². The van der Waals surface area contributed by atoms with Crippen LogP contribution in [0, 0.1) is 18.3 Å². The average molecular weight is 512 g/mol. The van der Waals surface area contributed by atoms with Crippen molar-refractivity contribution in [1.82, 2.24) is 24.6 Å². The number of ether oxygens (including phenoxy) is 1. The maximum atomic E-state index is 10.1. The Morgan fingerprint density at radius 2 is 1.81 bits per heavy atom. The van der Waals surface area contributed by atoms with Gasteiger partial charge in [-0.2, -0.15) is 15.3 Å². The van der Waals surface area contributed by atoms with Crippen LogP contribution in [0.2, 0.25) is 0 Å². The number of anilines is 1. The molecule has 0 bridgehead atoms. The Balaban J connectivity index is 1.46. The number of piperidine rings is 1. The summed E-state index contributed by atoms with van der Waals surface area (Å²) < 4.78 is 11.1. The molecule has 1 saturated heterocycles. The van der Waals surface area contributed by atoms with Crippen LogP contribution in [0.4, 0.5) is 5.95 Å². The molecule has 1 fully saturated rings. The van der Waals surface area contributed by atoms with Gasteiger partial charge in [0.1, 0.15) is 17.4 Å². The van der Waals surface area contributed by atoms with Gasteiger partial charge < -0.3 is 9.64 Å². The average Bonchev–Trinajstić information content (AvgIpc) is 3.33. The van der Waals surface area contributed by atoms with Gasteiger partial charge in [0.15, 0.2) is 0 Å². The van der Waals surface area contributed by atoms with Gasteiger partial charge in [-0.1, -0.05) is 36.4 Å². The van der Waals surface area contributed by atoms with Crippen LogP contribution in [0.5, 0.6) is 11.6 Å². The minimum Gasteiger partial charge on any atom is -0.437 e. The monoisotopic (exact) mass is 511 g/mol. The van der Waals surface area contributed by atoms with Crippen molar-refractivity contribution in [3.05, 3.63) is 77.6 Å². The van der Waals surface area contributed by atoms with Crippen LogP contribution in [0.25, 0.3) is 11.3 Å². The minimum absolute atomic E-state index is 0.220. The van der Waals surface area contributed by atoms with Crippen molar-refractivity contribution in [1.29, 1.82) is 5.26 Å². The lowest BCUT2D eigenvalue weighted by Gasteiger charge is -2.29. The predicted molar refractivity (Wildman–Crippen MR) is 146 cm³/mol. The Kier molecular flexibility index (Phi) is 7.40. The standard InChI is InChI=1S/C28H29N7OS/c1-19-6-4-5-7-24(19)26-25(16-29)27(32-28(31-26)33-37-23-17-30-35(3)18-23)36-22-10-8-20(9-11-22)21-12-14-34(2)15-13-21/h4-11,17-18,21H,12-15H2,1-3H3,(H,31,32,33). The molecule has 1 aliphatic rings. The van der Waals surface area contributed by atoms with Gasteiger partial charge in [-0.3, -0.25) is 9.40 Å². The molecule has 0 unspecified atom stereocenters. The largest absolute Gasteiger partial charge is 0.437 e. The lowest BCUT2D eigenvalue weighted by molar-refractivity contribution is 0.255. The van der Waals surface area contributed by atoms with Crippen LogP contribution < -0.4 is 9.46 Å². The van der Waals surface area contributed by atoms with Crippen molar-refractivity contribution in [2.75, 3.05) is 24.9 Å². The van der Waals surface area contributed by atoms with E-state index in [1.165, 1.54) is 17.5 Å². The van der Waals surface area contributed by atoms with Gasteiger partial charge in [0.2, 0.25) is 11.8 Å². The number of nitrogens with zero attached hydrogens (tertiary/aromatic N) is 6. The summed E-state index contributed by atoms with van der Waals surface area (Å²) in [5.41, 5.74) is 4.02.